The van der Waals surface area contributed by atoms with E-state index in [-0.39, 0.29) is 15.6 Å². The molecular formula is C18H27N5O3. The third kappa shape index (κ3) is 3.60. The number of rotatable bonds is 7. The summed E-state index contributed by atoms with van der Waals surface area (Å²) in [5, 5.41) is 9.71. The van der Waals surface area contributed by atoms with E-state index in [0.29, 0.717) is 4.57 Å². The summed E-state index contributed by atoms with van der Waals surface area (Å²) in [7, 11) is 0. The molecule has 3 atom stereocenters. The summed E-state index contributed by atoms with van der Waals surface area (Å²) in [6.45, 7) is -14.5. The summed E-state index contributed by atoms with van der Waals surface area (Å²) in [6, 6.07) is -2.77. The first-order valence-electron chi connectivity index (χ1n) is 16.3. The van der Waals surface area contributed by atoms with Gasteiger partial charge in [0.15, 0.2) is 1.41 Å². The van der Waals surface area contributed by atoms with E-state index in [9.17, 15) is 9.59 Å². The topological polar surface area (TPSA) is 103 Å². The zero-order valence-corrected chi connectivity index (χ0v) is 13.5. The van der Waals surface area contributed by atoms with Crippen molar-refractivity contribution in [3.8, 4) is 5.75 Å². The van der Waals surface area contributed by atoms with Crippen LogP contribution in [0.4, 0.5) is 0 Å². The number of amides is 1. The van der Waals surface area contributed by atoms with E-state index in [1.54, 1.807) is 0 Å². The van der Waals surface area contributed by atoms with Gasteiger partial charge in [0, 0.05) is 33.1 Å². The number of hydrogen-bond donors (Lipinski definition) is 3. The predicted octanol–water partition coefficient (Wildman–Crippen LogP) is 1.62. The molecule has 142 valence electrons. The molecule has 3 heterocycles. The summed E-state index contributed by atoms with van der Waals surface area (Å²) in [5.74, 6) is -2.57. The minimum Gasteiger partial charge on any atom is -0.506 e. The van der Waals surface area contributed by atoms with Crippen molar-refractivity contribution in [2.24, 2.45) is 0 Å². The monoisotopic (exact) mass is 379 g/mol. The first-order valence-corrected chi connectivity index (χ1v) is 7.31. The van der Waals surface area contributed by atoms with Crippen LogP contribution in [0.15, 0.2) is 11.0 Å². The number of carbonyl (C=O) groups excluding carboxylic acids is 1. The number of aromatic nitrogens is 3. The van der Waals surface area contributed by atoms with Crippen LogP contribution < -0.4 is 10.9 Å². The fourth-order valence-electron chi connectivity index (χ4n) is 2.25. The molecule has 26 heavy (non-hydrogen) atoms. The number of aromatic hydroxyl groups is 1. The molecule has 1 saturated heterocycles. The maximum absolute atomic E-state index is 13.5. The number of H-pyrrole nitrogens is 1. The van der Waals surface area contributed by atoms with E-state index < -0.39 is 92.9 Å². The molecule has 0 spiro atoms. The van der Waals surface area contributed by atoms with Gasteiger partial charge < -0.3 is 15.3 Å². The summed E-state index contributed by atoms with van der Waals surface area (Å²) >= 11 is 0. The number of nitrogens with one attached hydrogen (secondary N) is 2. The van der Waals surface area contributed by atoms with Crippen molar-refractivity contribution in [1.82, 2.24) is 25.0 Å². The van der Waals surface area contributed by atoms with Crippen LogP contribution >= 0.6 is 0 Å². The van der Waals surface area contributed by atoms with E-state index in [2.05, 4.69) is 15.3 Å². The lowest BCUT2D eigenvalue weighted by atomic mass is 10.1. The number of piperidine rings is 1. The van der Waals surface area contributed by atoms with E-state index in [1.165, 1.54) is 0 Å². The zero-order valence-electron chi connectivity index (χ0n) is 31.5. The third-order valence-corrected chi connectivity index (χ3v) is 3.36. The first-order chi connectivity index (χ1) is 19.6. The summed E-state index contributed by atoms with van der Waals surface area (Å²) in [5.41, 5.74) is -3.19. The predicted molar refractivity (Wildman–Crippen MR) is 99.6 cm³/mol. The Kier molecular flexibility index (Phi) is 1.94. The number of fused-ring (bicyclic) bond motifs is 1. The van der Waals surface area contributed by atoms with Gasteiger partial charge in [-0.15, -0.1) is 0 Å². The summed E-state index contributed by atoms with van der Waals surface area (Å²) in [6.07, 6.45) is -11.6. The Balaban J connectivity index is 2.09. The van der Waals surface area contributed by atoms with Crippen molar-refractivity contribution in [2.45, 2.75) is 45.3 Å². The van der Waals surface area contributed by atoms with Crippen molar-refractivity contribution in [2.75, 3.05) is 26.0 Å². The van der Waals surface area contributed by atoms with Crippen molar-refractivity contribution in [1.29, 1.82) is 1.43 Å². The highest BCUT2D eigenvalue weighted by Gasteiger charge is 2.24. The van der Waals surface area contributed by atoms with Crippen LogP contribution in [0.5, 0.6) is 5.75 Å². The number of aromatic amines is 1. The van der Waals surface area contributed by atoms with Crippen LogP contribution in [0.2, 0.25) is 1.41 Å². The maximum atomic E-state index is 13.5. The van der Waals surface area contributed by atoms with Crippen LogP contribution in [0.3, 0.4) is 0 Å². The molecule has 0 bridgehead atoms. The van der Waals surface area contributed by atoms with Gasteiger partial charge in [0.25, 0.3) is 12.9 Å². The molecule has 0 aliphatic carbocycles. The second kappa shape index (κ2) is 7.90. The van der Waals surface area contributed by atoms with Gasteiger partial charge in [0.1, 0.15) is 17.0 Å². The second-order valence-corrected chi connectivity index (χ2v) is 5.07. The van der Waals surface area contributed by atoms with E-state index in [1.807, 2.05) is 0 Å². The van der Waals surface area contributed by atoms with Gasteiger partial charge in [-0.25, -0.2) is 0 Å². The Hall–Kier alpha value is -2.35. The third-order valence-electron chi connectivity index (χ3n) is 3.36. The molecule has 8 heteroatoms. The quantitative estimate of drug-likeness (QED) is 0.678. The Bertz CT molecular complexity index is 1470. The molecule has 2 aromatic heterocycles. The second-order valence-electron chi connectivity index (χ2n) is 5.07. The summed E-state index contributed by atoms with van der Waals surface area (Å²) in [4.78, 5) is 26.6. The highest BCUT2D eigenvalue weighted by molar-refractivity contribution is 6.01. The Morgan fingerprint density at radius 1 is 1.65 bits per heavy atom. The van der Waals surface area contributed by atoms with Crippen LogP contribution in [0.1, 0.15) is 77.6 Å². The molecule has 1 fully saturated rings. The Morgan fingerprint density at radius 2 is 2.46 bits per heavy atom. The van der Waals surface area contributed by atoms with Crippen molar-refractivity contribution in [3.63, 3.8) is 0 Å². The standard InChI is InChI=1S/C18H27N5O3/c1-12(2)23-16-13(11-20-21-16)15(24)14(18(23)26)17(25)19-7-6-10-22-8-4-3-5-9-22/h11-12,24H,3-10H2,1-2H3,(H,19,25)(H,20,21)/i1D3,3D2,4D2,5D2,7D,8D2,9D2,10D,12D/hD2. The number of carbonyl (C=O) groups is 1. The lowest BCUT2D eigenvalue weighted by Crippen LogP contribution is -2.36. The van der Waals surface area contributed by atoms with Gasteiger partial charge in [-0.05, 0) is 52.5 Å². The number of hydrogen-bond acceptors (Lipinski definition) is 5. The normalized spacial score (nSPS) is 40.5. The van der Waals surface area contributed by atoms with Crippen LogP contribution in [0.25, 0.3) is 11.0 Å². The highest BCUT2D eigenvalue weighted by Crippen LogP contribution is 2.26. The van der Waals surface area contributed by atoms with Gasteiger partial charge in [-0.2, -0.15) is 5.10 Å². The molecule has 0 saturated carbocycles. The van der Waals surface area contributed by atoms with Gasteiger partial charge in [0.2, 0.25) is 0 Å². The number of pyridine rings is 1. The lowest BCUT2D eigenvalue weighted by Gasteiger charge is -2.26. The smallest absolute Gasteiger partial charge is 0.293 e. The minimum absolute atomic E-state index is 0.272. The van der Waals surface area contributed by atoms with E-state index in [0.717, 1.165) is 13.1 Å². The fraction of sp³-hybridized carbons (Fsp3) is 0.611. The van der Waals surface area contributed by atoms with E-state index >= 15 is 0 Å². The van der Waals surface area contributed by atoms with Crippen LogP contribution in [-0.4, -0.2) is 58.1 Å². The molecule has 0 aromatic carbocycles. The molecule has 3 unspecified atom stereocenters. The average molecular weight is 380 g/mol. The molecule has 0 radical (unpaired) electrons. The molecule has 8 nitrogen and oxygen atoms in total. The molecule has 3 rings (SSSR count). The average Bonchev–Trinajstić information content (AvgIpc) is 3.33. The maximum Gasteiger partial charge on any atom is 0.293 e. The summed E-state index contributed by atoms with van der Waals surface area (Å²) < 4.78 is 144. The number of nitrogens with zero attached hydrogens (tertiary/aromatic N) is 3. The zero-order chi connectivity index (χ0) is 34.4. The van der Waals surface area contributed by atoms with E-state index in [4.69, 9.17) is 24.8 Å². The van der Waals surface area contributed by atoms with Crippen LogP contribution in [0, 0.1) is 0 Å². The molecule has 2 aromatic rings. The fourth-order valence-corrected chi connectivity index (χ4v) is 2.25. The van der Waals surface area contributed by atoms with Gasteiger partial charge >= 0.3 is 0 Å². The van der Waals surface area contributed by atoms with Crippen molar-refractivity contribution in [3.05, 3.63) is 22.1 Å². The van der Waals surface area contributed by atoms with Gasteiger partial charge in [-0.1, -0.05) is 6.37 Å². The number of likely N-dealkylation sites (tertiary alicyclic amines) is 1. The highest BCUT2D eigenvalue weighted by atomic mass is 16.3. The molecule has 1 amide bonds. The molecule has 1 aliphatic heterocycles. The molecule has 3 N–H and O–H groups in total. The molecular weight excluding hydrogens is 334 g/mol. The van der Waals surface area contributed by atoms with Gasteiger partial charge in [-0.3, -0.25) is 19.3 Å². The van der Waals surface area contributed by atoms with Gasteiger partial charge in [0.05, 0.1) is 13.0 Å². The lowest BCUT2D eigenvalue weighted by molar-refractivity contribution is 0.0946. The minimum atomic E-state index is -3.76. The van der Waals surface area contributed by atoms with Crippen LogP contribution in [-0.2, 0) is 0 Å². The van der Waals surface area contributed by atoms with Crippen molar-refractivity contribution >= 4 is 16.9 Å². The first kappa shape index (κ1) is 6.37. The SMILES string of the molecule is [2H]Oc1c(C(=O)N([2H])C([2H])CC([2H])N2C([2H])([2H])C([2H])([2H])C([2H])([2H])C([2H])([2H])C2([2H])[2H])c(=O)n(C([2H])(C)C([2H])([2H])[2H])c2[nH]ncc12. The molecule has 1 aliphatic rings. The Labute approximate surface area is 177 Å². The Morgan fingerprint density at radius 3 is 3.19 bits per heavy atom. The largest absolute Gasteiger partial charge is 0.506 e. The van der Waals surface area contributed by atoms with Crippen molar-refractivity contribution < 1.29 is 33.2 Å².